The van der Waals surface area contributed by atoms with Crippen molar-refractivity contribution in [3.63, 3.8) is 0 Å². The van der Waals surface area contributed by atoms with Crippen LogP contribution in [0.25, 0.3) is 0 Å². The Hall–Kier alpha value is -0.0200. The molecule has 0 aromatic carbocycles. The van der Waals surface area contributed by atoms with Crippen LogP contribution in [-0.2, 0) is 19.4 Å². The van der Waals surface area contributed by atoms with Crippen molar-refractivity contribution >= 4 is 16.2 Å². The Bertz CT molecular complexity index is 986. The van der Waals surface area contributed by atoms with Gasteiger partial charge in [-0.1, -0.05) is 38.0 Å². The second-order valence-corrected chi connectivity index (χ2v) is 13.4. The SMILES string of the molecule is CC(C)=CC(=O)C[C@@H](C)[C@H]1CC[C@H]2[C@@H]3C[C@H](O)C4C[C@@H](OS(=O)(=O)[O-])CC[C@]4(C)C3=CC[C@]12C.[Na+]. The molecular formula is C27H41NaO6S. The van der Waals surface area contributed by atoms with E-state index in [-0.39, 0.29) is 52.1 Å². The quantitative estimate of drug-likeness (QED) is 0.190. The number of aliphatic hydroxyl groups is 1. The van der Waals surface area contributed by atoms with Crippen molar-refractivity contribution in [2.75, 3.05) is 0 Å². The molecule has 6 nitrogen and oxygen atoms in total. The van der Waals surface area contributed by atoms with E-state index in [4.69, 9.17) is 4.18 Å². The maximum Gasteiger partial charge on any atom is 1.00 e. The van der Waals surface area contributed by atoms with Crippen molar-refractivity contribution in [3.05, 3.63) is 23.3 Å². The minimum absolute atomic E-state index is 0. The molecule has 0 aromatic heterocycles. The number of rotatable bonds is 6. The van der Waals surface area contributed by atoms with Crippen LogP contribution >= 0.6 is 0 Å². The Morgan fingerprint density at radius 3 is 2.54 bits per heavy atom. The van der Waals surface area contributed by atoms with Crippen LogP contribution in [0.3, 0.4) is 0 Å². The molecule has 3 fully saturated rings. The van der Waals surface area contributed by atoms with E-state index < -0.39 is 22.6 Å². The van der Waals surface area contributed by atoms with Gasteiger partial charge in [-0.05, 0) is 105 Å². The second-order valence-electron chi connectivity index (χ2n) is 12.4. The Labute approximate surface area is 233 Å². The van der Waals surface area contributed by atoms with Gasteiger partial charge >= 0.3 is 29.6 Å². The van der Waals surface area contributed by atoms with Crippen LogP contribution < -0.4 is 29.6 Å². The molecule has 192 valence electrons. The Morgan fingerprint density at radius 2 is 1.91 bits per heavy atom. The van der Waals surface area contributed by atoms with E-state index in [1.165, 1.54) is 5.57 Å². The van der Waals surface area contributed by atoms with E-state index in [9.17, 15) is 22.9 Å². The molecule has 0 amide bonds. The molecule has 4 aliphatic rings. The van der Waals surface area contributed by atoms with Gasteiger partial charge < -0.3 is 9.66 Å². The fourth-order valence-electron chi connectivity index (χ4n) is 8.60. The number of hydrogen-bond donors (Lipinski definition) is 1. The van der Waals surface area contributed by atoms with Gasteiger partial charge in [-0.25, -0.2) is 8.42 Å². The Balaban J connectivity index is 0.00000342. The summed E-state index contributed by atoms with van der Waals surface area (Å²) < 4.78 is 38.2. The molecule has 0 spiro atoms. The van der Waals surface area contributed by atoms with Crippen LogP contribution in [0, 0.1) is 40.4 Å². The van der Waals surface area contributed by atoms with Crippen molar-refractivity contribution in [2.45, 2.75) is 98.2 Å². The van der Waals surface area contributed by atoms with E-state index >= 15 is 0 Å². The van der Waals surface area contributed by atoms with E-state index in [0.717, 1.165) is 31.3 Å². The summed E-state index contributed by atoms with van der Waals surface area (Å²) >= 11 is 0. The first-order valence-corrected chi connectivity index (χ1v) is 14.3. The van der Waals surface area contributed by atoms with Gasteiger partial charge in [0, 0.05) is 6.42 Å². The fraction of sp³-hybridized carbons (Fsp3) is 0.815. The molecule has 1 N–H and O–H groups in total. The van der Waals surface area contributed by atoms with Gasteiger partial charge in [0.25, 0.3) is 0 Å². The monoisotopic (exact) mass is 516 g/mol. The molecule has 9 atom stereocenters. The van der Waals surface area contributed by atoms with Gasteiger partial charge in [-0.3, -0.25) is 8.98 Å². The van der Waals surface area contributed by atoms with Crippen molar-refractivity contribution in [1.29, 1.82) is 0 Å². The molecule has 4 rings (SSSR count). The summed E-state index contributed by atoms with van der Waals surface area (Å²) in [7, 11) is -4.75. The van der Waals surface area contributed by atoms with Gasteiger partial charge in [0.15, 0.2) is 5.78 Å². The maximum absolute atomic E-state index is 12.5. The maximum atomic E-state index is 12.5. The topological polar surface area (TPSA) is 104 Å². The number of aliphatic hydroxyl groups excluding tert-OH is 1. The fourth-order valence-corrected chi connectivity index (χ4v) is 9.11. The number of allylic oxidation sites excluding steroid dienone is 4. The van der Waals surface area contributed by atoms with Crippen LogP contribution in [-0.4, -0.2) is 36.1 Å². The summed E-state index contributed by atoms with van der Waals surface area (Å²) in [6, 6.07) is 0. The number of fused-ring (bicyclic) bond motifs is 5. The molecule has 0 aliphatic heterocycles. The van der Waals surface area contributed by atoms with E-state index in [2.05, 4.69) is 26.8 Å². The molecule has 0 heterocycles. The summed E-state index contributed by atoms with van der Waals surface area (Å²) in [4.78, 5) is 12.5. The zero-order valence-electron chi connectivity index (χ0n) is 22.2. The minimum atomic E-state index is -4.75. The number of hydrogen-bond acceptors (Lipinski definition) is 6. The van der Waals surface area contributed by atoms with Gasteiger partial charge in [-0.2, -0.15) is 0 Å². The van der Waals surface area contributed by atoms with E-state index in [1.807, 2.05) is 13.8 Å². The van der Waals surface area contributed by atoms with Crippen LogP contribution in [0.15, 0.2) is 23.3 Å². The third-order valence-corrected chi connectivity index (χ3v) is 10.5. The van der Waals surface area contributed by atoms with Crippen LogP contribution in [0.5, 0.6) is 0 Å². The molecule has 0 radical (unpaired) electrons. The predicted molar refractivity (Wildman–Crippen MR) is 129 cm³/mol. The standard InChI is InChI=1S/C27H42O6S.Na/c1-16(2)12-18(28)13-17(3)21-6-7-22-20-15-25(29)24-14-19(33-34(30,31)32)8-10-27(24,5)23(20)9-11-26(21,22)4;/h9,12,17,19-22,24-25,29H,6-8,10-11,13-15H2,1-5H3,(H,30,31,32);/q;+1/p-1/t17-,19+,20+,21-,22+,24?,25+,26-,27-;/m1./s1. The Morgan fingerprint density at radius 1 is 1.23 bits per heavy atom. The van der Waals surface area contributed by atoms with Crippen molar-refractivity contribution in [2.24, 2.45) is 40.4 Å². The van der Waals surface area contributed by atoms with Crippen molar-refractivity contribution in [3.8, 4) is 0 Å². The third kappa shape index (κ3) is 5.71. The summed E-state index contributed by atoms with van der Waals surface area (Å²) in [6.45, 7) is 10.8. The second kappa shape index (κ2) is 10.6. The van der Waals surface area contributed by atoms with Gasteiger partial charge in [0.2, 0.25) is 10.4 Å². The van der Waals surface area contributed by atoms with Crippen LogP contribution in [0.1, 0.15) is 86.0 Å². The molecule has 0 aromatic rings. The number of carbonyl (C=O) groups is 1. The minimum Gasteiger partial charge on any atom is -0.726 e. The van der Waals surface area contributed by atoms with Gasteiger partial charge in [0.1, 0.15) is 0 Å². The summed E-state index contributed by atoms with van der Waals surface area (Å²) in [5, 5.41) is 11.2. The molecular weight excluding hydrogens is 475 g/mol. The molecule has 35 heavy (non-hydrogen) atoms. The molecule has 4 aliphatic carbocycles. The molecule has 0 bridgehead atoms. The van der Waals surface area contributed by atoms with E-state index in [0.29, 0.717) is 49.4 Å². The molecule has 0 saturated heterocycles. The average Bonchev–Trinajstić information content (AvgIpc) is 3.05. The first-order chi connectivity index (χ1) is 15.7. The van der Waals surface area contributed by atoms with Crippen molar-refractivity contribution in [1.82, 2.24) is 0 Å². The summed E-state index contributed by atoms with van der Waals surface area (Å²) in [5.41, 5.74) is 2.41. The first kappa shape index (κ1) is 29.5. The molecule has 3 saturated carbocycles. The smallest absolute Gasteiger partial charge is 0.726 e. The van der Waals surface area contributed by atoms with Gasteiger partial charge in [-0.15, -0.1) is 0 Å². The third-order valence-electron chi connectivity index (χ3n) is 9.98. The zero-order chi connectivity index (χ0) is 25.1. The summed E-state index contributed by atoms with van der Waals surface area (Å²) in [6.07, 6.45) is 9.15. The predicted octanol–water partition coefficient (Wildman–Crippen LogP) is 1.95. The van der Waals surface area contributed by atoms with Crippen LogP contribution in [0.2, 0.25) is 0 Å². The normalized spacial score (nSPS) is 41.4. The number of carbonyl (C=O) groups excluding carboxylic acids is 1. The number of ketones is 1. The summed E-state index contributed by atoms with van der Waals surface area (Å²) in [5.74, 6) is 1.74. The molecule has 8 heteroatoms. The largest absolute Gasteiger partial charge is 1.00 e. The Kier molecular flexibility index (Phi) is 8.97. The van der Waals surface area contributed by atoms with Gasteiger partial charge in [0.05, 0.1) is 12.2 Å². The first-order valence-electron chi connectivity index (χ1n) is 12.9. The average molecular weight is 517 g/mol. The van der Waals surface area contributed by atoms with Crippen molar-refractivity contribution < 1.29 is 56.6 Å². The van der Waals surface area contributed by atoms with Crippen LogP contribution in [0.4, 0.5) is 0 Å². The zero-order valence-corrected chi connectivity index (χ0v) is 25.1. The van der Waals surface area contributed by atoms with E-state index in [1.54, 1.807) is 6.08 Å². The molecule has 1 unspecified atom stereocenters.